The minimum Gasteiger partial charge on any atom is -0.455 e. The van der Waals surface area contributed by atoms with E-state index in [4.69, 9.17) is 19.4 Å². The average Bonchev–Trinajstić information content (AvgIpc) is 3.62. The third kappa shape index (κ3) is 5.51. The van der Waals surface area contributed by atoms with Gasteiger partial charge in [-0.1, -0.05) is 146 Å². The lowest BCUT2D eigenvalue weighted by atomic mass is 9.94. The second kappa shape index (κ2) is 12.6. The normalized spacial score (nSPS) is 11.6. The summed E-state index contributed by atoms with van der Waals surface area (Å²) in [4.78, 5) is 15.4. The Labute approximate surface area is 317 Å². The van der Waals surface area contributed by atoms with Gasteiger partial charge in [0.1, 0.15) is 11.2 Å². The monoisotopic (exact) mass is 701 g/mol. The molecule has 0 unspecified atom stereocenters. The number of rotatable bonds is 5. The minimum absolute atomic E-state index is 0.618. The van der Waals surface area contributed by atoms with E-state index in [1.165, 1.54) is 16.2 Å². The molecule has 11 aromatic rings. The van der Waals surface area contributed by atoms with Crippen molar-refractivity contribution in [1.82, 2.24) is 15.0 Å². The molecule has 0 saturated heterocycles. The van der Waals surface area contributed by atoms with E-state index in [1.807, 2.05) is 6.07 Å². The van der Waals surface area contributed by atoms with Crippen LogP contribution < -0.4 is 0 Å². The van der Waals surface area contributed by atoms with Gasteiger partial charge in [0.15, 0.2) is 17.5 Å². The summed E-state index contributed by atoms with van der Waals surface area (Å²) in [6, 6.07) is 65.9. The van der Waals surface area contributed by atoms with E-state index in [9.17, 15) is 0 Å². The molecule has 0 atom stereocenters. The summed E-state index contributed by atoms with van der Waals surface area (Å²) < 4.78 is 6.67. The molecule has 0 aliphatic carbocycles. The van der Waals surface area contributed by atoms with Crippen LogP contribution in [0, 0.1) is 0 Å². The van der Waals surface area contributed by atoms with Crippen molar-refractivity contribution in [2.75, 3.05) is 0 Å². The van der Waals surface area contributed by atoms with Crippen molar-refractivity contribution >= 4 is 54.3 Å². The van der Waals surface area contributed by atoms with Crippen LogP contribution in [0.1, 0.15) is 0 Å². The van der Waals surface area contributed by atoms with Crippen LogP contribution in [0.25, 0.3) is 111 Å². The highest BCUT2D eigenvalue weighted by molar-refractivity contribution is 6.14. The van der Waals surface area contributed by atoms with Gasteiger partial charge >= 0.3 is 0 Å². The van der Waals surface area contributed by atoms with Crippen LogP contribution in [0.2, 0.25) is 0 Å². The van der Waals surface area contributed by atoms with Crippen molar-refractivity contribution in [3.63, 3.8) is 0 Å². The van der Waals surface area contributed by atoms with Gasteiger partial charge < -0.3 is 4.42 Å². The summed E-state index contributed by atoms with van der Waals surface area (Å²) in [5.41, 5.74) is 8.86. The summed E-state index contributed by atoms with van der Waals surface area (Å²) in [6.45, 7) is 0. The van der Waals surface area contributed by atoms with Crippen LogP contribution in [0.5, 0.6) is 0 Å². The van der Waals surface area contributed by atoms with Crippen LogP contribution in [-0.4, -0.2) is 15.0 Å². The first kappa shape index (κ1) is 31.1. The molecule has 256 valence electrons. The molecule has 55 heavy (non-hydrogen) atoms. The first-order chi connectivity index (χ1) is 27.2. The number of aromatic nitrogens is 3. The molecule has 11 rings (SSSR count). The SMILES string of the molecule is c1ccc(-c2cc(-c3cccc(-c4nc(-c5ccc6ccccc6c5)nc(-c5ccc6ccccc6c5)n4)c3)cc3c2oc2cc4ccccc4cc23)cc1. The van der Waals surface area contributed by atoms with E-state index in [1.54, 1.807) is 0 Å². The zero-order valence-electron chi connectivity index (χ0n) is 29.6. The van der Waals surface area contributed by atoms with E-state index in [-0.39, 0.29) is 0 Å². The summed E-state index contributed by atoms with van der Waals surface area (Å²) in [5.74, 6) is 1.89. The first-order valence-corrected chi connectivity index (χ1v) is 18.5. The number of hydrogen-bond acceptors (Lipinski definition) is 4. The number of fused-ring (bicyclic) bond motifs is 6. The molecule has 0 radical (unpaired) electrons. The van der Waals surface area contributed by atoms with Gasteiger partial charge in [-0.3, -0.25) is 0 Å². The van der Waals surface area contributed by atoms with Gasteiger partial charge in [0.25, 0.3) is 0 Å². The Morgan fingerprint density at radius 1 is 0.291 bits per heavy atom. The maximum Gasteiger partial charge on any atom is 0.164 e. The number of hydrogen-bond donors (Lipinski definition) is 0. The molecule has 0 N–H and O–H groups in total. The molecular formula is C51H31N3O. The van der Waals surface area contributed by atoms with Crippen LogP contribution >= 0.6 is 0 Å². The first-order valence-electron chi connectivity index (χ1n) is 18.5. The molecule has 4 heteroatoms. The highest BCUT2D eigenvalue weighted by Gasteiger charge is 2.18. The molecule has 2 aromatic heterocycles. The summed E-state index contributed by atoms with van der Waals surface area (Å²) in [5, 5.41) is 9.15. The van der Waals surface area contributed by atoms with Gasteiger partial charge in [0.2, 0.25) is 0 Å². The maximum absolute atomic E-state index is 6.67. The molecular weight excluding hydrogens is 671 g/mol. The van der Waals surface area contributed by atoms with Gasteiger partial charge in [-0.25, -0.2) is 15.0 Å². The Balaban J connectivity index is 1.10. The fourth-order valence-corrected chi connectivity index (χ4v) is 7.82. The molecule has 2 heterocycles. The van der Waals surface area contributed by atoms with Crippen LogP contribution in [0.3, 0.4) is 0 Å². The fraction of sp³-hybridized carbons (Fsp3) is 0. The van der Waals surface area contributed by atoms with Gasteiger partial charge in [-0.2, -0.15) is 0 Å². The molecule has 0 amide bonds. The lowest BCUT2D eigenvalue weighted by molar-refractivity contribution is 0.670. The predicted octanol–water partition coefficient (Wildman–Crippen LogP) is 13.6. The summed E-state index contributed by atoms with van der Waals surface area (Å²) >= 11 is 0. The van der Waals surface area contributed by atoms with Crippen molar-refractivity contribution < 1.29 is 4.42 Å². The quantitative estimate of drug-likeness (QED) is 0.179. The van der Waals surface area contributed by atoms with Crippen LogP contribution in [0.15, 0.2) is 192 Å². The minimum atomic E-state index is 0.618. The maximum atomic E-state index is 6.67. The van der Waals surface area contributed by atoms with E-state index in [0.29, 0.717) is 17.5 Å². The van der Waals surface area contributed by atoms with E-state index < -0.39 is 0 Å². The Morgan fingerprint density at radius 3 is 1.40 bits per heavy atom. The van der Waals surface area contributed by atoms with Gasteiger partial charge in [-0.15, -0.1) is 0 Å². The third-order valence-electron chi connectivity index (χ3n) is 10.6. The number of nitrogens with zero attached hydrogens (tertiary/aromatic N) is 3. The van der Waals surface area contributed by atoms with Crippen molar-refractivity contribution in [3.8, 4) is 56.4 Å². The summed E-state index contributed by atoms with van der Waals surface area (Å²) in [7, 11) is 0. The van der Waals surface area contributed by atoms with E-state index in [0.717, 1.165) is 77.0 Å². The smallest absolute Gasteiger partial charge is 0.164 e. The standard InChI is InChI=1S/C51H31N3O/c1-2-13-34(14-3-1)44-29-43(30-46-45-28-38-17-8-9-18-39(38)31-47(45)55-48(44)46)37-19-10-20-40(27-37)49-52-50(41-23-21-32-11-4-6-15-35(32)25-41)54-51(53-49)42-24-22-33-12-5-7-16-36(33)26-42/h1-31H. The lowest BCUT2D eigenvalue weighted by Gasteiger charge is -2.11. The molecule has 0 aliphatic heterocycles. The molecule has 4 nitrogen and oxygen atoms in total. The number of benzene rings is 9. The zero-order valence-corrected chi connectivity index (χ0v) is 29.6. The van der Waals surface area contributed by atoms with Crippen molar-refractivity contribution in [2.45, 2.75) is 0 Å². The molecule has 0 saturated carbocycles. The second-order valence-corrected chi connectivity index (χ2v) is 14.1. The van der Waals surface area contributed by atoms with E-state index >= 15 is 0 Å². The van der Waals surface area contributed by atoms with Crippen molar-refractivity contribution in [1.29, 1.82) is 0 Å². The van der Waals surface area contributed by atoms with Gasteiger partial charge in [-0.05, 0) is 91.5 Å². The third-order valence-corrected chi connectivity index (χ3v) is 10.6. The van der Waals surface area contributed by atoms with Crippen molar-refractivity contribution in [2.24, 2.45) is 0 Å². The molecule has 0 fully saturated rings. The zero-order chi connectivity index (χ0) is 36.3. The highest BCUT2D eigenvalue weighted by atomic mass is 16.3. The molecule has 0 aliphatic rings. The molecule has 0 spiro atoms. The second-order valence-electron chi connectivity index (χ2n) is 14.1. The van der Waals surface area contributed by atoms with E-state index in [2.05, 4.69) is 182 Å². The molecule has 0 bridgehead atoms. The van der Waals surface area contributed by atoms with Crippen LogP contribution in [0.4, 0.5) is 0 Å². The Kier molecular flexibility index (Phi) is 7.14. The highest BCUT2D eigenvalue weighted by Crippen LogP contribution is 2.41. The Bertz CT molecular complexity index is 3180. The Morgan fingerprint density at radius 2 is 0.782 bits per heavy atom. The van der Waals surface area contributed by atoms with Gasteiger partial charge in [0.05, 0.1) is 0 Å². The molecule has 9 aromatic carbocycles. The van der Waals surface area contributed by atoms with Gasteiger partial charge in [0, 0.05) is 33.0 Å². The lowest BCUT2D eigenvalue weighted by Crippen LogP contribution is -2.00. The topological polar surface area (TPSA) is 51.8 Å². The average molecular weight is 702 g/mol. The Hall–Kier alpha value is -7.43. The van der Waals surface area contributed by atoms with Crippen LogP contribution in [-0.2, 0) is 0 Å². The largest absolute Gasteiger partial charge is 0.455 e. The van der Waals surface area contributed by atoms with Crippen molar-refractivity contribution in [3.05, 3.63) is 188 Å². The number of furan rings is 1. The predicted molar refractivity (Wildman–Crippen MR) is 227 cm³/mol. The summed E-state index contributed by atoms with van der Waals surface area (Å²) in [6.07, 6.45) is 0. The fourth-order valence-electron chi connectivity index (χ4n) is 7.82.